The van der Waals surface area contributed by atoms with Gasteiger partial charge < -0.3 is 1.43 Å². The van der Waals surface area contributed by atoms with Gasteiger partial charge in [-0.15, -0.1) is 11.3 Å². The molecule has 0 radical (unpaired) electrons. The number of thiophene rings is 2. The predicted molar refractivity (Wildman–Crippen MR) is 121 cm³/mol. The van der Waals surface area contributed by atoms with E-state index in [4.69, 9.17) is 0 Å². The second kappa shape index (κ2) is 11.7. The van der Waals surface area contributed by atoms with E-state index in [0.717, 1.165) is 0 Å². The van der Waals surface area contributed by atoms with Crippen molar-refractivity contribution in [3.05, 3.63) is 56.4 Å². The third kappa shape index (κ3) is 9.42. The van der Waals surface area contributed by atoms with Crippen LogP contribution in [0.4, 0.5) is 0 Å². The molecule has 0 bridgehead atoms. The molecule has 0 amide bonds. The number of rotatable bonds is 4. The zero-order chi connectivity index (χ0) is 19.5. The zero-order valence-corrected chi connectivity index (χ0v) is 19.4. The summed E-state index contributed by atoms with van der Waals surface area (Å²) in [6.07, 6.45) is 4.50. The quantitative estimate of drug-likeness (QED) is 0.465. The number of hydrogen-bond acceptors (Lipinski definition) is 2. The molecule has 0 aromatic carbocycles. The Hall–Kier alpha value is -0.860. The maximum absolute atomic E-state index is 2.33. The van der Waals surface area contributed by atoms with Crippen molar-refractivity contribution in [3.8, 4) is 0 Å². The standard InChI is InChI=1S/C14H24S.C5H10.C4H4S.H/c1-7-13(3,4)11-9-10-12(15-11)14(5,6)8-2;1-4-5(2)3;1-2-4-5-3-1;/h9-10H,7-8H2,1-6H3;4H,1-3H3;1-4H;/q;;;-1. The molecule has 0 saturated carbocycles. The average Bonchev–Trinajstić information content (AvgIpc) is 3.29. The van der Waals surface area contributed by atoms with E-state index in [1.54, 1.807) is 11.3 Å². The van der Waals surface area contributed by atoms with Gasteiger partial charge in [0.05, 0.1) is 0 Å². The lowest BCUT2D eigenvalue weighted by Gasteiger charge is -2.23. The molecule has 0 spiro atoms. The fourth-order valence-electron chi connectivity index (χ4n) is 1.64. The van der Waals surface area contributed by atoms with E-state index < -0.39 is 0 Å². The first-order chi connectivity index (χ1) is 11.6. The topological polar surface area (TPSA) is 0 Å². The van der Waals surface area contributed by atoms with Gasteiger partial charge in [0.25, 0.3) is 0 Å². The number of allylic oxidation sites excluding steroid dienone is 2. The van der Waals surface area contributed by atoms with Gasteiger partial charge in [0.15, 0.2) is 0 Å². The molecule has 2 heterocycles. The smallest absolute Gasteiger partial charge is 0.0105 e. The Morgan fingerprint density at radius 3 is 1.48 bits per heavy atom. The summed E-state index contributed by atoms with van der Waals surface area (Å²) in [5, 5.41) is 4.08. The lowest BCUT2D eigenvalue weighted by Crippen LogP contribution is -2.14. The minimum Gasteiger partial charge on any atom is -1.00 e. The summed E-state index contributed by atoms with van der Waals surface area (Å²) < 4.78 is 0. The summed E-state index contributed by atoms with van der Waals surface area (Å²) in [5.74, 6) is 0. The van der Waals surface area contributed by atoms with Gasteiger partial charge in [-0.25, -0.2) is 0 Å². The van der Waals surface area contributed by atoms with Crippen molar-refractivity contribution < 1.29 is 1.43 Å². The first kappa shape index (κ1) is 24.1. The van der Waals surface area contributed by atoms with Crippen molar-refractivity contribution in [2.45, 2.75) is 86.0 Å². The first-order valence-electron chi connectivity index (χ1n) is 9.28. The SMILES string of the molecule is CC=C(C)C.CCC(C)(C)c1ccc(C(C)(C)CC)s1.[H-].c1ccsc1. The van der Waals surface area contributed by atoms with Crippen LogP contribution in [0.5, 0.6) is 0 Å². The van der Waals surface area contributed by atoms with E-state index in [-0.39, 0.29) is 1.43 Å². The molecule has 0 N–H and O–H groups in total. The van der Waals surface area contributed by atoms with Crippen molar-refractivity contribution >= 4 is 22.7 Å². The molecule has 0 atom stereocenters. The van der Waals surface area contributed by atoms with Crippen LogP contribution in [-0.2, 0) is 10.8 Å². The maximum atomic E-state index is 2.33. The third-order valence-electron chi connectivity index (χ3n) is 4.71. The van der Waals surface area contributed by atoms with Crippen molar-refractivity contribution in [2.24, 2.45) is 0 Å². The van der Waals surface area contributed by atoms with Crippen LogP contribution in [0, 0.1) is 0 Å². The minimum absolute atomic E-state index is 0. The fraction of sp³-hybridized carbons (Fsp3) is 0.565. The summed E-state index contributed by atoms with van der Waals surface area (Å²) in [4.78, 5) is 3.06. The van der Waals surface area contributed by atoms with E-state index in [2.05, 4.69) is 73.6 Å². The summed E-state index contributed by atoms with van der Waals surface area (Å²) in [5.41, 5.74) is 2.06. The van der Waals surface area contributed by atoms with Gasteiger partial charge in [-0.1, -0.05) is 65.3 Å². The van der Waals surface area contributed by atoms with Crippen molar-refractivity contribution in [3.63, 3.8) is 0 Å². The highest BCUT2D eigenvalue weighted by Crippen LogP contribution is 2.38. The second-order valence-corrected chi connectivity index (χ2v) is 9.70. The van der Waals surface area contributed by atoms with Crippen molar-refractivity contribution in [1.29, 1.82) is 0 Å². The Balaban J connectivity index is 0. The summed E-state index contributed by atoms with van der Waals surface area (Å²) in [6.45, 7) is 20.1. The molecule has 2 aromatic rings. The Bertz CT molecular complexity index is 538. The third-order valence-corrected chi connectivity index (χ3v) is 7.16. The van der Waals surface area contributed by atoms with Crippen LogP contribution < -0.4 is 0 Å². The average molecular weight is 380 g/mol. The molecule has 0 saturated heterocycles. The van der Waals surface area contributed by atoms with Gasteiger partial charge >= 0.3 is 0 Å². The highest BCUT2D eigenvalue weighted by Gasteiger charge is 2.25. The molecule has 0 aliphatic rings. The summed E-state index contributed by atoms with van der Waals surface area (Å²) in [7, 11) is 0. The first-order valence-corrected chi connectivity index (χ1v) is 11.0. The molecule has 0 nitrogen and oxygen atoms in total. The Morgan fingerprint density at radius 2 is 1.28 bits per heavy atom. The largest absolute Gasteiger partial charge is 1.00 e. The minimum atomic E-state index is 0. The second-order valence-electron chi connectivity index (χ2n) is 7.80. The van der Waals surface area contributed by atoms with Crippen LogP contribution in [0.3, 0.4) is 0 Å². The molecular formula is C23H39S2-. The Labute approximate surface area is 166 Å². The lowest BCUT2D eigenvalue weighted by molar-refractivity contribution is 0.515. The van der Waals surface area contributed by atoms with E-state index >= 15 is 0 Å². The van der Waals surface area contributed by atoms with Crippen LogP contribution >= 0.6 is 22.7 Å². The van der Waals surface area contributed by atoms with Gasteiger partial charge in [0.1, 0.15) is 0 Å². The molecule has 2 aromatic heterocycles. The summed E-state index contributed by atoms with van der Waals surface area (Å²) in [6, 6.07) is 8.68. The molecule has 144 valence electrons. The van der Waals surface area contributed by atoms with E-state index in [9.17, 15) is 0 Å². The fourth-order valence-corrected chi connectivity index (χ4v) is 3.44. The molecule has 0 unspecified atom stereocenters. The molecule has 0 aliphatic heterocycles. The summed E-state index contributed by atoms with van der Waals surface area (Å²) >= 11 is 3.71. The monoisotopic (exact) mass is 379 g/mol. The Morgan fingerprint density at radius 1 is 0.920 bits per heavy atom. The van der Waals surface area contributed by atoms with Crippen LogP contribution in [-0.4, -0.2) is 0 Å². The van der Waals surface area contributed by atoms with Gasteiger partial charge in [-0.05, 0) is 67.3 Å². The van der Waals surface area contributed by atoms with Crippen LogP contribution in [0.1, 0.15) is 86.3 Å². The molecule has 25 heavy (non-hydrogen) atoms. The normalized spacial score (nSPS) is 10.9. The molecule has 0 fully saturated rings. The highest BCUT2D eigenvalue weighted by molar-refractivity contribution is 7.12. The van der Waals surface area contributed by atoms with Crippen LogP contribution in [0.15, 0.2) is 46.7 Å². The molecular weight excluding hydrogens is 340 g/mol. The zero-order valence-electron chi connectivity index (χ0n) is 18.8. The van der Waals surface area contributed by atoms with Gasteiger partial charge in [0, 0.05) is 9.75 Å². The molecule has 2 heteroatoms. The van der Waals surface area contributed by atoms with Crippen molar-refractivity contribution in [2.75, 3.05) is 0 Å². The van der Waals surface area contributed by atoms with Crippen LogP contribution in [0.2, 0.25) is 0 Å². The van der Waals surface area contributed by atoms with Gasteiger partial charge in [0.2, 0.25) is 0 Å². The predicted octanol–water partition coefficient (Wildman–Crippen LogP) is 8.96. The maximum Gasteiger partial charge on any atom is 0.0105 e. The molecule has 2 rings (SSSR count). The van der Waals surface area contributed by atoms with E-state index in [0.29, 0.717) is 10.8 Å². The van der Waals surface area contributed by atoms with Crippen LogP contribution in [0.25, 0.3) is 0 Å². The van der Waals surface area contributed by atoms with Crippen molar-refractivity contribution in [1.82, 2.24) is 0 Å². The van der Waals surface area contributed by atoms with E-state index in [1.165, 1.54) is 28.2 Å². The van der Waals surface area contributed by atoms with Gasteiger partial charge in [-0.3, -0.25) is 0 Å². The lowest BCUT2D eigenvalue weighted by atomic mass is 9.87. The highest BCUT2D eigenvalue weighted by atomic mass is 32.1. The molecule has 0 aliphatic carbocycles. The number of hydrogen-bond donors (Lipinski definition) is 0. The Kier molecular flexibility index (Phi) is 11.3. The van der Waals surface area contributed by atoms with Gasteiger partial charge in [-0.2, -0.15) is 11.3 Å². The van der Waals surface area contributed by atoms with E-state index in [1.807, 2.05) is 41.2 Å².